The first-order valence-electron chi connectivity index (χ1n) is 6.61. The van der Waals surface area contributed by atoms with Crippen molar-refractivity contribution >= 4 is 23.2 Å². The summed E-state index contributed by atoms with van der Waals surface area (Å²) < 4.78 is 0. The Kier molecular flexibility index (Phi) is 5.06. The standard InChI is InChI=1S/C16H17N3O2/c17-14(16(21)19-13-9-5-2-6-10-13)11-15(20)18-12-7-3-1-4-8-12/h1-10,14H,11,17H2,(H,18,20)(H,19,21)/t14-/m1/s1. The van der Waals surface area contributed by atoms with E-state index in [9.17, 15) is 9.59 Å². The summed E-state index contributed by atoms with van der Waals surface area (Å²) in [5, 5.41) is 5.36. The van der Waals surface area contributed by atoms with Gasteiger partial charge in [-0.1, -0.05) is 36.4 Å². The maximum absolute atomic E-state index is 11.9. The fourth-order valence-corrected chi connectivity index (χ4v) is 1.78. The van der Waals surface area contributed by atoms with E-state index in [0.717, 1.165) is 0 Å². The van der Waals surface area contributed by atoms with Crippen molar-refractivity contribution < 1.29 is 9.59 Å². The summed E-state index contributed by atoms with van der Waals surface area (Å²) in [4.78, 5) is 23.7. The van der Waals surface area contributed by atoms with Gasteiger partial charge in [-0.25, -0.2) is 0 Å². The van der Waals surface area contributed by atoms with Crippen molar-refractivity contribution in [2.75, 3.05) is 10.6 Å². The zero-order valence-corrected chi connectivity index (χ0v) is 11.5. The van der Waals surface area contributed by atoms with Crippen molar-refractivity contribution in [3.05, 3.63) is 60.7 Å². The lowest BCUT2D eigenvalue weighted by molar-refractivity contribution is -0.122. The summed E-state index contributed by atoms with van der Waals surface area (Å²) in [6.45, 7) is 0. The van der Waals surface area contributed by atoms with E-state index in [2.05, 4.69) is 10.6 Å². The van der Waals surface area contributed by atoms with E-state index in [1.165, 1.54) is 0 Å². The van der Waals surface area contributed by atoms with Gasteiger partial charge in [0.25, 0.3) is 0 Å². The lowest BCUT2D eigenvalue weighted by atomic mass is 10.2. The van der Waals surface area contributed by atoms with Crippen LogP contribution in [0.4, 0.5) is 11.4 Å². The third kappa shape index (κ3) is 4.74. The molecule has 0 saturated heterocycles. The minimum atomic E-state index is -0.895. The maximum atomic E-state index is 11.9. The van der Waals surface area contributed by atoms with Crippen molar-refractivity contribution in [3.63, 3.8) is 0 Å². The first-order valence-corrected chi connectivity index (χ1v) is 6.61. The molecule has 0 unspecified atom stereocenters. The predicted molar refractivity (Wildman–Crippen MR) is 82.7 cm³/mol. The quantitative estimate of drug-likeness (QED) is 0.784. The number of nitrogens with one attached hydrogen (secondary N) is 2. The Morgan fingerprint density at radius 1 is 0.857 bits per heavy atom. The Balaban J connectivity index is 1.84. The number of hydrogen-bond acceptors (Lipinski definition) is 3. The predicted octanol–water partition coefficient (Wildman–Crippen LogP) is 1.98. The average molecular weight is 283 g/mol. The van der Waals surface area contributed by atoms with Gasteiger partial charge in [0, 0.05) is 11.4 Å². The van der Waals surface area contributed by atoms with Crippen LogP contribution in [0.5, 0.6) is 0 Å². The number of hydrogen-bond donors (Lipinski definition) is 3. The van der Waals surface area contributed by atoms with Crippen LogP contribution in [0.15, 0.2) is 60.7 Å². The molecule has 2 amide bonds. The number of rotatable bonds is 5. The van der Waals surface area contributed by atoms with Gasteiger partial charge in [0.2, 0.25) is 11.8 Å². The minimum absolute atomic E-state index is 0.0758. The van der Waals surface area contributed by atoms with Crippen molar-refractivity contribution in [1.29, 1.82) is 0 Å². The molecule has 0 fully saturated rings. The number of carbonyl (C=O) groups is 2. The molecule has 0 aliphatic heterocycles. The Morgan fingerprint density at radius 2 is 1.33 bits per heavy atom. The molecule has 2 aromatic carbocycles. The summed E-state index contributed by atoms with van der Waals surface area (Å²) in [7, 11) is 0. The van der Waals surface area contributed by atoms with Gasteiger partial charge in [-0.15, -0.1) is 0 Å². The third-order valence-electron chi connectivity index (χ3n) is 2.84. The van der Waals surface area contributed by atoms with E-state index < -0.39 is 6.04 Å². The molecule has 0 radical (unpaired) electrons. The fraction of sp³-hybridized carbons (Fsp3) is 0.125. The number of para-hydroxylation sites is 2. The molecule has 21 heavy (non-hydrogen) atoms. The Hall–Kier alpha value is -2.66. The van der Waals surface area contributed by atoms with Crippen molar-refractivity contribution in [2.24, 2.45) is 5.73 Å². The fourth-order valence-electron chi connectivity index (χ4n) is 1.78. The zero-order valence-electron chi connectivity index (χ0n) is 11.5. The molecule has 0 spiro atoms. The summed E-state index contributed by atoms with van der Waals surface area (Å²) in [5.74, 6) is -0.679. The maximum Gasteiger partial charge on any atom is 0.241 e. The second-order valence-corrected chi connectivity index (χ2v) is 4.58. The molecule has 2 aromatic rings. The third-order valence-corrected chi connectivity index (χ3v) is 2.84. The zero-order chi connectivity index (χ0) is 15.1. The van der Waals surface area contributed by atoms with Crippen LogP contribution in [0.3, 0.4) is 0 Å². The molecular formula is C16H17N3O2. The Bertz CT molecular complexity index is 599. The molecule has 0 saturated carbocycles. The van der Waals surface area contributed by atoms with Crippen LogP contribution in [0.25, 0.3) is 0 Å². The van der Waals surface area contributed by atoms with E-state index in [-0.39, 0.29) is 18.2 Å². The number of anilines is 2. The van der Waals surface area contributed by atoms with E-state index in [0.29, 0.717) is 11.4 Å². The van der Waals surface area contributed by atoms with Gasteiger partial charge in [0.1, 0.15) is 0 Å². The summed E-state index contributed by atoms with van der Waals surface area (Å²) in [6, 6.07) is 17.1. The second kappa shape index (κ2) is 7.21. The molecule has 5 nitrogen and oxygen atoms in total. The normalized spacial score (nSPS) is 11.5. The smallest absolute Gasteiger partial charge is 0.241 e. The number of amides is 2. The van der Waals surface area contributed by atoms with E-state index >= 15 is 0 Å². The van der Waals surface area contributed by atoms with Crippen molar-refractivity contribution in [1.82, 2.24) is 0 Å². The van der Waals surface area contributed by atoms with Crippen LogP contribution in [0, 0.1) is 0 Å². The van der Waals surface area contributed by atoms with E-state index in [1.54, 1.807) is 24.3 Å². The highest BCUT2D eigenvalue weighted by atomic mass is 16.2. The average Bonchev–Trinajstić information content (AvgIpc) is 2.49. The number of carbonyl (C=O) groups excluding carboxylic acids is 2. The minimum Gasteiger partial charge on any atom is -0.326 e. The molecule has 108 valence electrons. The lowest BCUT2D eigenvalue weighted by Crippen LogP contribution is -2.38. The van der Waals surface area contributed by atoms with Crippen LogP contribution < -0.4 is 16.4 Å². The Labute approximate surface area is 123 Å². The molecule has 0 heterocycles. The highest BCUT2D eigenvalue weighted by Gasteiger charge is 2.17. The first-order chi connectivity index (χ1) is 10.1. The topological polar surface area (TPSA) is 84.2 Å². The first kappa shape index (κ1) is 14.7. The van der Waals surface area contributed by atoms with Gasteiger partial charge in [0.15, 0.2) is 0 Å². The number of nitrogens with two attached hydrogens (primary N) is 1. The van der Waals surface area contributed by atoms with Crippen LogP contribution in [-0.2, 0) is 9.59 Å². The van der Waals surface area contributed by atoms with Gasteiger partial charge in [-0.05, 0) is 24.3 Å². The Morgan fingerprint density at radius 3 is 1.86 bits per heavy atom. The molecule has 1 atom stereocenters. The van der Waals surface area contributed by atoms with Crippen LogP contribution in [0.1, 0.15) is 6.42 Å². The van der Waals surface area contributed by atoms with Gasteiger partial charge in [-0.3, -0.25) is 9.59 Å². The largest absolute Gasteiger partial charge is 0.326 e. The van der Waals surface area contributed by atoms with Gasteiger partial charge < -0.3 is 16.4 Å². The number of benzene rings is 2. The second-order valence-electron chi connectivity index (χ2n) is 4.58. The summed E-state index contributed by atoms with van der Waals surface area (Å²) in [5.41, 5.74) is 7.08. The van der Waals surface area contributed by atoms with Crippen LogP contribution in [-0.4, -0.2) is 17.9 Å². The van der Waals surface area contributed by atoms with Gasteiger partial charge >= 0.3 is 0 Å². The summed E-state index contributed by atoms with van der Waals surface area (Å²) >= 11 is 0. The molecule has 0 aromatic heterocycles. The lowest BCUT2D eigenvalue weighted by Gasteiger charge is -2.12. The molecule has 4 N–H and O–H groups in total. The van der Waals surface area contributed by atoms with Crippen molar-refractivity contribution in [3.8, 4) is 0 Å². The molecule has 2 rings (SSSR count). The SMILES string of the molecule is N[C@H](CC(=O)Nc1ccccc1)C(=O)Nc1ccccc1. The molecule has 0 bridgehead atoms. The molecule has 5 heteroatoms. The van der Waals surface area contributed by atoms with Gasteiger partial charge in [0.05, 0.1) is 12.5 Å². The van der Waals surface area contributed by atoms with Crippen molar-refractivity contribution in [2.45, 2.75) is 12.5 Å². The molecule has 0 aliphatic rings. The summed E-state index contributed by atoms with van der Waals surface area (Å²) in [6.07, 6.45) is -0.0758. The highest BCUT2D eigenvalue weighted by Crippen LogP contribution is 2.08. The van der Waals surface area contributed by atoms with E-state index in [1.807, 2.05) is 36.4 Å². The van der Waals surface area contributed by atoms with Crippen LogP contribution in [0.2, 0.25) is 0 Å². The molecule has 0 aliphatic carbocycles. The highest BCUT2D eigenvalue weighted by molar-refractivity contribution is 6.00. The van der Waals surface area contributed by atoms with E-state index in [4.69, 9.17) is 5.73 Å². The van der Waals surface area contributed by atoms with Crippen LogP contribution >= 0.6 is 0 Å². The van der Waals surface area contributed by atoms with Gasteiger partial charge in [-0.2, -0.15) is 0 Å². The molecular weight excluding hydrogens is 266 g/mol. The monoisotopic (exact) mass is 283 g/mol.